The van der Waals surface area contributed by atoms with Crippen LogP contribution in [0, 0.1) is 5.82 Å². The Hall–Kier alpha value is -1.91. The van der Waals surface area contributed by atoms with Gasteiger partial charge in [0.1, 0.15) is 5.82 Å². The van der Waals surface area contributed by atoms with E-state index in [1.807, 2.05) is 0 Å². The van der Waals surface area contributed by atoms with E-state index in [4.69, 9.17) is 23.2 Å². The van der Waals surface area contributed by atoms with E-state index in [9.17, 15) is 9.18 Å². The van der Waals surface area contributed by atoms with E-state index >= 15 is 0 Å². The highest BCUT2D eigenvalue weighted by Crippen LogP contribution is 2.20. The summed E-state index contributed by atoms with van der Waals surface area (Å²) < 4.78 is 12.9. The fourth-order valence-corrected chi connectivity index (χ4v) is 1.98. The first-order valence-electron chi connectivity index (χ1n) is 5.60. The predicted octanol–water partition coefficient (Wildman–Crippen LogP) is 3.90. The lowest BCUT2D eigenvalue weighted by atomic mass is 10.2. The van der Waals surface area contributed by atoms with Crippen LogP contribution in [0.4, 0.5) is 4.39 Å². The van der Waals surface area contributed by atoms with Crippen LogP contribution in [-0.4, -0.2) is 12.1 Å². The van der Waals surface area contributed by atoms with Gasteiger partial charge in [-0.1, -0.05) is 35.3 Å². The second-order valence-electron chi connectivity index (χ2n) is 3.88. The summed E-state index contributed by atoms with van der Waals surface area (Å²) in [5.41, 5.74) is 3.10. The lowest BCUT2D eigenvalue weighted by Crippen LogP contribution is -2.18. The van der Waals surface area contributed by atoms with Crippen LogP contribution in [-0.2, 0) is 0 Å². The third-order valence-corrected chi connectivity index (χ3v) is 2.95. The number of carbonyl (C=O) groups is 1. The largest absolute Gasteiger partial charge is 0.272 e. The van der Waals surface area contributed by atoms with Crippen molar-refractivity contribution in [2.24, 2.45) is 5.10 Å². The summed E-state index contributed by atoms with van der Waals surface area (Å²) >= 11 is 11.6. The van der Waals surface area contributed by atoms with Crippen molar-refractivity contribution < 1.29 is 9.18 Å². The van der Waals surface area contributed by atoms with Crippen molar-refractivity contribution in [1.82, 2.24) is 5.43 Å². The van der Waals surface area contributed by atoms with E-state index in [-0.39, 0.29) is 16.4 Å². The summed E-state index contributed by atoms with van der Waals surface area (Å²) in [5, 5.41) is 4.41. The molecule has 1 amide bonds. The van der Waals surface area contributed by atoms with E-state index in [0.29, 0.717) is 10.6 Å². The molecule has 2 rings (SSSR count). The quantitative estimate of drug-likeness (QED) is 0.678. The number of benzene rings is 2. The zero-order valence-corrected chi connectivity index (χ0v) is 11.6. The van der Waals surface area contributed by atoms with Crippen molar-refractivity contribution in [3.63, 3.8) is 0 Å². The molecule has 1 N–H and O–H groups in total. The standard InChI is InChI=1S/C14H9Cl2FN2O/c15-10-4-5-12(13(16)7-10)14(20)19-18-8-9-2-1-3-11(17)6-9/h1-8H,(H,19,20)/b18-8-. The Morgan fingerprint density at radius 1 is 1.20 bits per heavy atom. The summed E-state index contributed by atoms with van der Waals surface area (Å²) in [6.07, 6.45) is 1.34. The third kappa shape index (κ3) is 3.79. The van der Waals surface area contributed by atoms with Gasteiger partial charge in [-0.15, -0.1) is 0 Å². The second kappa shape index (κ2) is 6.50. The second-order valence-corrected chi connectivity index (χ2v) is 4.72. The first-order chi connectivity index (χ1) is 9.56. The minimum absolute atomic E-state index is 0.232. The molecule has 20 heavy (non-hydrogen) atoms. The molecule has 0 atom stereocenters. The predicted molar refractivity (Wildman–Crippen MR) is 77.9 cm³/mol. The number of nitrogens with zero attached hydrogens (tertiary/aromatic N) is 1. The van der Waals surface area contributed by atoms with E-state index < -0.39 is 5.91 Å². The summed E-state index contributed by atoms with van der Waals surface area (Å²) in [7, 11) is 0. The highest BCUT2D eigenvalue weighted by Gasteiger charge is 2.09. The number of hydrogen-bond acceptors (Lipinski definition) is 2. The van der Waals surface area contributed by atoms with Crippen LogP contribution in [0.2, 0.25) is 10.0 Å². The van der Waals surface area contributed by atoms with Gasteiger partial charge in [0.15, 0.2) is 0 Å². The Morgan fingerprint density at radius 3 is 2.70 bits per heavy atom. The van der Waals surface area contributed by atoms with E-state index in [0.717, 1.165) is 0 Å². The Labute approximate surface area is 125 Å². The van der Waals surface area contributed by atoms with Crippen LogP contribution in [0.5, 0.6) is 0 Å². The first-order valence-corrected chi connectivity index (χ1v) is 6.36. The Morgan fingerprint density at radius 2 is 2.00 bits per heavy atom. The lowest BCUT2D eigenvalue weighted by Gasteiger charge is -2.02. The maximum atomic E-state index is 12.9. The number of hydrazone groups is 1. The number of nitrogens with one attached hydrogen (secondary N) is 1. The summed E-state index contributed by atoms with van der Waals surface area (Å²) in [5.74, 6) is -0.847. The van der Waals surface area contributed by atoms with Gasteiger partial charge in [-0.3, -0.25) is 4.79 Å². The summed E-state index contributed by atoms with van der Waals surface area (Å²) in [6.45, 7) is 0. The molecule has 0 aliphatic heterocycles. The van der Waals surface area contributed by atoms with Gasteiger partial charge >= 0.3 is 0 Å². The molecule has 0 aliphatic rings. The number of hydrogen-bond donors (Lipinski definition) is 1. The van der Waals surface area contributed by atoms with Crippen LogP contribution in [0.3, 0.4) is 0 Å². The molecule has 2 aromatic rings. The Kier molecular flexibility index (Phi) is 4.71. The number of carbonyl (C=O) groups excluding carboxylic acids is 1. The fraction of sp³-hybridized carbons (Fsp3) is 0. The Bertz CT molecular complexity index is 674. The lowest BCUT2D eigenvalue weighted by molar-refractivity contribution is 0.0955. The summed E-state index contributed by atoms with van der Waals surface area (Å²) in [4.78, 5) is 11.8. The van der Waals surface area contributed by atoms with Gasteiger partial charge < -0.3 is 0 Å². The monoisotopic (exact) mass is 310 g/mol. The molecule has 102 valence electrons. The normalized spacial score (nSPS) is 10.8. The minimum atomic E-state index is -0.473. The molecule has 0 radical (unpaired) electrons. The highest BCUT2D eigenvalue weighted by atomic mass is 35.5. The van der Waals surface area contributed by atoms with Crippen molar-refractivity contribution in [2.75, 3.05) is 0 Å². The zero-order chi connectivity index (χ0) is 14.5. The van der Waals surface area contributed by atoms with Crippen molar-refractivity contribution in [3.05, 3.63) is 69.5 Å². The smallest absolute Gasteiger partial charge is 0.267 e. The van der Waals surface area contributed by atoms with Gasteiger partial charge in [0.25, 0.3) is 5.91 Å². The van der Waals surface area contributed by atoms with Crippen molar-refractivity contribution in [3.8, 4) is 0 Å². The zero-order valence-electron chi connectivity index (χ0n) is 10.1. The van der Waals surface area contributed by atoms with Crippen LogP contribution in [0.1, 0.15) is 15.9 Å². The minimum Gasteiger partial charge on any atom is -0.267 e. The van der Waals surface area contributed by atoms with E-state index in [2.05, 4.69) is 10.5 Å². The molecular weight excluding hydrogens is 302 g/mol. The molecule has 0 aliphatic carbocycles. The van der Waals surface area contributed by atoms with Crippen LogP contribution in [0.15, 0.2) is 47.6 Å². The average molecular weight is 311 g/mol. The maximum absolute atomic E-state index is 12.9. The van der Waals surface area contributed by atoms with Crippen molar-refractivity contribution >= 4 is 35.3 Å². The fourth-order valence-electron chi connectivity index (χ4n) is 1.49. The van der Waals surface area contributed by atoms with Gasteiger partial charge in [0, 0.05) is 5.02 Å². The van der Waals surface area contributed by atoms with Gasteiger partial charge in [0.2, 0.25) is 0 Å². The third-order valence-electron chi connectivity index (χ3n) is 2.40. The number of halogens is 3. The van der Waals surface area contributed by atoms with Gasteiger partial charge in [-0.25, -0.2) is 9.82 Å². The van der Waals surface area contributed by atoms with Crippen LogP contribution in [0.25, 0.3) is 0 Å². The maximum Gasteiger partial charge on any atom is 0.272 e. The molecule has 0 saturated carbocycles. The van der Waals surface area contributed by atoms with Gasteiger partial charge in [0.05, 0.1) is 16.8 Å². The molecule has 0 bridgehead atoms. The molecule has 0 fully saturated rings. The highest BCUT2D eigenvalue weighted by molar-refractivity contribution is 6.36. The molecule has 0 spiro atoms. The van der Waals surface area contributed by atoms with Crippen LogP contribution >= 0.6 is 23.2 Å². The molecule has 0 heterocycles. The molecule has 0 saturated heterocycles. The summed E-state index contributed by atoms with van der Waals surface area (Å²) in [6, 6.07) is 10.3. The molecule has 6 heteroatoms. The Balaban J connectivity index is 2.05. The molecule has 3 nitrogen and oxygen atoms in total. The molecular formula is C14H9Cl2FN2O. The molecule has 2 aromatic carbocycles. The average Bonchev–Trinajstić information content (AvgIpc) is 2.38. The van der Waals surface area contributed by atoms with Gasteiger partial charge in [-0.05, 0) is 35.9 Å². The van der Waals surface area contributed by atoms with Crippen LogP contribution < -0.4 is 5.43 Å². The van der Waals surface area contributed by atoms with E-state index in [1.54, 1.807) is 18.2 Å². The SMILES string of the molecule is O=C(N/N=C\c1cccc(F)c1)c1ccc(Cl)cc1Cl. The topological polar surface area (TPSA) is 41.5 Å². The van der Waals surface area contributed by atoms with E-state index in [1.165, 1.54) is 30.5 Å². The molecule has 0 unspecified atom stereocenters. The van der Waals surface area contributed by atoms with Crippen molar-refractivity contribution in [2.45, 2.75) is 0 Å². The number of rotatable bonds is 3. The van der Waals surface area contributed by atoms with Crippen molar-refractivity contribution in [1.29, 1.82) is 0 Å². The first kappa shape index (κ1) is 14.5. The molecule has 0 aromatic heterocycles. The number of amides is 1. The van der Waals surface area contributed by atoms with Gasteiger partial charge in [-0.2, -0.15) is 5.10 Å².